The molecule has 0 bridgehead atoms. The predicted octanol–water partition coefficient (Wildman–Crippen LogP) is 4.87. The third-order valence-corrected chi connectivity index (χ3v) is 4.23. The molecule has 0 unspecified atom stereocenters. The van der Waals surface area contributed by atoms with E-state index in [9.17, 15) is 0 Å². The van der Waals surface area contributed by atoms with Gasteiger partial charge >= 0.3 is 0 Å². The van der Waals surface area contributed by atoms with E-state index < -0.39 is 0 Å². The first kappa shape index (κ1) is 16.7. The van der Waals surface area contributed by atoms with Gasteiger partial charge in [-0.1, -0.05) is 23.8 Å². The minimum atomic E-state index is 0.641. The number of hydrogen-bond acceptors (Lipinski definition) is 4. The fourth-order valence-corrected chi connectivity index (χ4v) is 2.89. The summed E-state index contributed by atoms with van der Waals surface area (Å²) in [6, 6.07) is 15.8. The van der Waals surface area contributed by atoms with Crippen molar-refractivity contribution >= 4 is 22.4 Å². The van der Waals surface area contributed by atoms with Crippen LogP contribution in [0.4, 0.5) is 5.82 Å². The summed E-state index contributed by atoms with van der Waals surface area (Å²) >= 11 is 0. The number of fused-ring (bicyclic) bond motifs is 1. The van der Waals surface area contributed by atoms with Gasteiger partial charge in [0.25, 0.3) is 0 Å². The van der Waals surface area contributed by atoms with Crippen LogP contribution in [0.3, 0.4) is 0 Å². The van der Waals surface area contributed by atoms with Crippen molar-refractivity contribution in [3.63, 3.8) is 0 Å². The van der Waals surface area contributed by atoms with Crippen LogP contribution in [-0.2, 0) is 0 Å². The van der Waals surface area contributed by atoms with E-state index in [0.29, 0.717) is 5.56 Å². The van der Waals surface area contributed by atoms with Crippen molar-refractivity contribution in [2.24, 2.45) is 5.10 Å². The average molecular weight is 328 g/mol. The summed E-state index contributed by atoms with van der Waals surface area (Å²) in [5.74, 6) is 0.727. The molecule has 1 heterocycles. The highest BCUT2D eigenvalue weighted by Crippen LogP contribution is 2.24. The lowest BCUT2D eigenvalue weighted by Gasteiger charge is -2.10. The average Bonchev–Trinajstić information content (AvgIpc) is 2.60. The van der Waals surface area contributed by atoms with Crippen molar-refractivity contribution in [2.75, 3.05) is 5.43 Å². The van der Waals surface area contributed by atoms with Crippen LogP contribution in [0.1, 0.15) is 34.7 Å². The fraction of sp³-hybridized carbons (Fsp3) is 0.190. The van der Waals surface area contributed by atoms with Gasteiger partial charge in [0.1, 0.15) is 5.82 Å². The van der Waals surface area contributed by atoms with E-state index in [4.69, 9.17) is 10.2 Å². The molecule has 0 atom stereocenters. The Hall–Kier alpha value is -3.19. The number of hydrogen-bond donors (Lipinski definition) is 1. The lowest BCUT2D eigenvalue weighted by Crippen LogP contribution is -2.02. The smallest absolute Gasteiger partial charge is 0.147 e. The highest BCUT2D eigenvalue weighted by Gasteiger charge is 2.06. The monoisotopic (exact) mass is 328 g/mol. The number of benzene rings is 2. The first-order valence-electron chi connectivity index (χ1n) is 8.17. The zero-order chi connectivity index (χ0) is 18.0. The SMILES string of the molecule is C/C(=N\Nc1cc(C)c2cc(C)cc(C)c2n1)c1ccc(C#N)cc1. The van der Waals surface area contributed by atoms with E-state index in [0.717, 1.165) is 28.2 Å². The Morgan fingerprint density at radius 2 is 1.76 bits per heavy atom. The minimum absolute atomic E-state index is 0.641. The zero-order valence-electron chi connectivity index (χ0n) is 14.9. The third-order valence-electron chi connectivity index (χ3n) is 4.23. The number of nitrogens with zero attached hydrogens (tertiary/aromatic N) is 3. The van der Waals surface area contributed by atoms with Crippen molar-refractivity contribution in [3.8, 4) is 6.07 Å². The molecule has 0 saturated heterocycles. The maximum atomic E-state index is 8.87. The zero-order valence-corrected chi connectivity index (χ0v) is 14.9. The molecule has 0 aliphatic heterocycles. The van der Waals surface area contributed by atoms with Crippen molar-refractivity contribution in [3.05, 3.63) is 70.3 Å². The molecule has 0 spiro atoms. The van der Waals surface area contributed by atoms with Crippen LogP contribution in [-0.4, -0.2) is 10.7 Å². The Kier molecular flexibility index (Phi) is 4.49. The number of pyridine rings is 1. The van der Waals surface area contributed by atoms with E-state index in [1.165, 1.54) is 16.5 Å². The molecule has 0 aliphatic carbocycles. The standard InChI is InChI=1S/C21H20N4/c1-13-9-15(3)21-19(10-13)14(2)11-20(23-21)25-24-16(4)18-7-5-17(12-22)6-8-18/h5-11H,1-4H3,(H,23,25)/b24-16+. The number of aryl methyl sites for hydroxylation is 3. The second kappa shape index (κ2) is 6.74. The minimum Gasteiger partial charge on any atom is -0.261 e. The summed E-state index contributed by atoms with van der Waals surface area (Å²) in [7, 11) is 0. The molecule has 124 valence electrons. The summed E-state index contributed by atoms with van der Waals surface area (Å²) in [5.41, 5.74) is 10.1. The van der Waals surface area contributed by atoms with Gasteiger partial charge in [0.05, 0.1) is 22.9 Å². The Morgan fingerprint density at radius 3 is 2.44 bits per heavy atom. The normalized spacial score (nSPS) is 11.4. The highest BCUT2D eigenvalue weighted by atomic mass is 15.3. The molecule has 4 heteroatoms. The molecular weight excluding hydrogens is 308 g/mol. The van der Waals surface area contributed by atoms with E-state index in [1.54, 1.807) is 12.1 Å². The van der Waals surface area contributed by atoms with Crippen LogP contribution in [0.5, 0.6) is 0 Å². The second-order valence-electron chi connectivity index (χ2n) is 6.30. The maximum Gasteiger partial charge on any atom is 0.147 e. The molecule has 3 aromatic rings. The number of aromatic nitrogens is 1. The molecule has 3 rings (SSSR count). The summed E-state index contributed by atoms with van der Waals surface area (Å²) < 4.78 is 0. The number of anilines is 1. The van der Waals surface area contributed by atoms with E-state index in [1.807, 2.05) is 25.1 Å². The summed E-state index contributed by atoms with van der Waals surface area (Å²) in [6.45, 7) is 8.20. The molecule has 4 nitrogen and oxygen atoms in total. The molecule has 0 fully saturated rings. The van der Waals surface area contributed by atoms with Gasteiger partial charge < -0.3 is 0 Å². The largest absolute Gasteiger partial charge is 0.261 e. The quantitative estimate of drug-likeness (QED) is 0.551. The maximum absolute atomic E-state index is 8.87. The molecule has 1 aromatic heterocycles. The van der Waals surface area contributed by atoms with Gasteiger partial charge in [-0.05, 0) is 68.7 Å². The van der Waals surface area contributed by atoms with Gasteiger partial charge in [-0.15, -0.1) is 0 Å². The van der Waals surface area contributed by atoms with Gasteiger partial charge in [0.15, 0.2) is 0 Å². The number of hydrazone groups is 1. The number of nitriles is 1. The molecule has 2 aromatic carbocycles. The van der Waals surface area contributed by atoms with Gasteiger partial charge in [-0.25, -0.2) is 4.98 Å². The van der Waals surface area contributed by atoms with Gasteiger partial charge in [-0.2, -0.15) is 10.4 Å². The van der Waals surface area contributed by atoms with Crippen LogP contribution < -0.4 is 5.43 Å². The fourth-order valence-electron chi connectivity index (χ4n) is 2.89. The second-order valence-corrected chi connectivity index (χ2v) is 6.30. The highest BCUT2D eigenvalue weighted by molar-refractivity contribution is 5.99. The Balaban J connectivity index is 1.91. The van der Waals surface area contributed by atoms with Crippen molar-refractivity contribution in [2.45, 2.75) is 27.7 Å². The molecule has 0 amide bonds. The third kappa shape index (κ3) is 3.51. The molecule has 0 aliphatic rings. The molecule has 0 saturated carbocycles. The van der Waals surface area contributed by atoms with Crippen LogP contribution in [0, 0.1) is 32.1 Å². The van der Waals surface area contributed by atoms with E-state index >= 15 is 0 Å². The summed E-state index contributed by atoms with van der Waals surface area (Å²) in [4.78, 5) is 4.71. The van der Waals surface area contributed by atoms with Crippen molar-refractivity contribution < 1.29 is 0 Å². The van der Waals surface area contributed by atoms with Gasteiger partial charge in [-0.3, -0.25) is 5.43 Å². The summed E-state index contributed by atoms with van der Waals surface area (Å²) in [6.07, 6.45) is 0. The van der Waals surface area contributed by atoms with Crippen molar-refractivity contribution in [1.82, 2.24) is 4.98 Å². The summed E-state index contributed by atoms with van der Waals surface area (Å²) in [5, 5.41) is 14.5. The molecule has 25 heavy (non-hydrogen) atoms. The predicted molar refractivity (Wildman–Crippen MR) is 103 cm³/mol. The van der Waals surface area contributed by atoms with Crippen LogP contribution in [0.15, 0.2) is 47.6 Å². The first-order chi connectivity index (χ1) is 12.0. The Bertz CT molecular complexity index is 1010. The van der Waals surface area contributed by atoms with E-state index in [-0.39, 0.29) is 0 Å². The lowest BCUT2D eigenvalue weighted by molar-refractivity contribution is 1.23. The molecular formula is C21H20N4. The molecule has 0 radical (unpaired) electrons. The number of nitrogens with one attached hydrogen (secondary N) is 1. The lowest BCUT2D eigenvalue weighted by atomic mass is 10.0. The van der Waals surface area contributed by atoms with Gasteiger partial charge in [0, 0.05) is 5.39 Å². The van der Waals surface area contributed by atoms with Gasteiger partial charge in [0.2, 0.25) is 0 Å². The van der Waals surface area contributed by atoms with E-state index in [2.05, 4.69) is 49.5 Å². The molecule has 1 N–H and O–H groups in total. The van der Waals surface area contributed by atoms with Crippen LogP contribution in [0.25, 0.3) is 10.9 Å². The Labute approximate surface area is 147 Å². The number of rotatable bonds is 3. The van der Waals surface area contributed by atoms with Crippen LogP contribution >= 0.6 is 0 Å². The van der Waals surface area contributed by atoms with Crippen LogP contribution in [0.2, 0.25) is 0 Å². The first-order valence-corrected chi connectivity index (χ1v) is 8.17. The van der Waals surface area contributed by atoms with Crippen molar-refractivity contribution in [1.29, 1.82) is 5.26 Å². The topological polar surface area (TPSA) is 61.1 Å². The Morgan fingerprint density at radius 1 is 1.04 bits per heavy atom.